The maximum absolute atomic E-state index is 12.5. The van der Waals surface area contributed by atoms with Gasteiger partial charge in [0.15, 0.2) is 0 Å². The lowest BCUT2D eigenvalue weighted by molar-refractivity contribution is -0.132. The molecule has 166 valence electrons. The molecule has 2 fully saturated rings. The van der Waals surface area contributed by atoms with E-state index in [1.165, 1.54) is 12.0 Å². The normalized spacial score (nSPS) is 20.5. The number of aromatic hydroxyl groups is 1. The van der Waals surface area contributed by atoms with Gasteiger partial charge in [0.05, 0.1) is 0 Å². The zero-order chi connectivity index (χ0) is 22.1. The molecule has 2 aromatic carbocycles. The summed E-state index contributed by atoms with van der Waals surface area (Å²) in [6, 6.07) is 18.6. The smallest absolute Gasteiger partial charge is 0.222 e. The first kappa shape index (κ1) is 22.8. The number of carbonyl (C=O) groups is 2. The van der Waals surface area contributed by atoms with Crippen molar-refractivity contribution in [2.75, 3.05) is 19.6 Å². The van der Waals surface area contributed by atoms with E-state index in [-0.39, 0.29) is 18.1 Å². The second-order valence-corrected chi connectivity index (χ2v) is 8.39. The number of hydrogen-bond donors (Lipinski definition) is 3. The predicted molar refractivity (Wildman–Crippen MR) is 122 cm³/mol. The summed E-state index contributed by atoms with van der Waals surface area (Å²) in [6.07, 6.45) is 4.98. The van der Waals surface area contributed by atoms with Crippen molar-refractivity contribution >= 4 is 12.3 Å². The molecule has 2 aromatic rings. The molecule has 2 atom stereocenters. The van der Waals surface area contributed by atoms with Gasteiger partial charge in [0.1, 0.15) is 5.75 Å². The van der Waals surface area contributed by atoms with E-state index in [1.807, 2.05) is 17.0 Å². The molecule has 1 heterocycles. The lowest BCUT2D eigenvalue weighted by atomic mass is 9.96. The van der Waals surface area contributed by atoms with E-state index in [4.69, 9.17) is 4.79 Å². The number of primary amides is 1. The topological polar surface area (TPSA) is 95.7 Å². The highest BCUT2D eigenvalue weighted by molar-refractivity contribution is 5.76. The summed E-state index contributed by atoms with van der Waals surface area (Å²) in [4.78, 5) is 23.1. The van der Waals surface area contributed by atoms with Crippen LogP contribution in [0.4, 0.5) is 0 Å². The van der Waals surface area contributed by atoms with Crippen LogP contribution in [-0.2, 0) is 16.0 Å². The van der Waals surface area contributed by atoms with Crippen molar-refractivity contribution in [2.24, 2.45) is 11.7 Å². The van der Waals surface area contributed by atoms with Crippen molar-refractivity contribution in [3.8, 4) is 5.75 Å². The van der Waals surface area contributed by atoms with Crippen LogP contribution in [0.2, 0.25) is 0 Å². The number of aryl methyl sites for hydroxylation is 1. The number of rotatable bonds is 7. The van der Waals surface area contributed by atoms with Crippen LogP contribution < -0.4 is 11.1 Å². The molecule has 4 N–H and O–H groups in total. The number of piperidine rings is 1. The Kier molecular flexibility index (Phi) is 8.47. The van der Waals surface area contributed by atoms with E-state index >= 15 is 0 Å². The summed E-state index contributed by atoms with van der Waals surface area (Å²) >= 11 is 0. The average Bonchev–Trinajstić information content (AvgIpc) is 3.58. The average molecular weight is 424 g/mol. The highest BCUT2D eigenvalue weighted by Crippen LogP contribution is 2.40. The van der Waals surface area contributed by atoms with Gasteiger partial charge in [0, 0.05) is 31.5 Å². The van der Waals surface area contributed by atoms with Crippen LogP contribution in [0.25, 0.3) is 0 Å². The molecule has 0 aromatic heterocycles. The zero-order valence-corrected chi connectivity index (χ0v) is 18.0. The number of carbonyl (C=O) groups excluding carboxylic acids is 2. The minimum Gasteiger partial charge on any atom is -0.508 e. The molecule has 0 radical (unpaired) electrons. The summed E-state index contributed by atoms with van der Waals surface area (Å²) < 4.78 is 0. The Bertz CT molecular complexity index is 818. The first-order chi connectivity index (χ1) is 15.1. The van der Waals surface area contributed by atoms with E-state index in [0.717, 1.165) is 44.5 Å². The van der Waals surface area contributed by atoms with Crippen molar-refractivity contribution in [3.63, 3.8) is 0 Å². The number of nitrogens with one attached hydrogen (secondary N) is 1. The SMILES string of the molecule is NC=O.O=C(CCc1ccc(O)cc1)N1CCC(CNC2CC2c2ccccc2)CC1. The van der Waals surface area contributed by atoms with Crippen molar-refractivity contribution in [1.29, 1.82) is 0 Å². The Balaban J connectivity index is 0.000000858. The highest BCUT2D eigenvalue weighted by atomic mass is 16.3. The van der Waals surface area contributed by atoms with Crippen molar-refractivity contribution in [1.82, 2.24) is 10.2 Å². The van der Waals surface area contributed by atoms with E-state index in [0.29, 0.717) is 24.3 Å². The van der Waals surface area contributed by atoms with Gasteiger partial charge >= 0.3 is 0 Å². The molecular weight excluding hydrogens is 390 g/mol. The molecule has 0 spiro atoms. The monoisotopic (exact) mass is 423 g/mol. The largest absolute Gasteiger partial charge is 0.508 e. The predicted octanol–water partition coefficient (Wildman–Crippen LogP) is 2.81. The van der Waals surface area contributed by atoms with Crippen LogP contribution in [0.5, 0.6) is 5.75 Å². The number of benzene rings is 2. The molecule has 1 aliphatic heterocycles. The quantitative estimate of drug-likeness (QED) is 0.597. The van der Waals surface area contributed by atoms with Gasteiger partial charge < -0.3 is 21.1 Å². The number of hydrogen-bond acceptors (Lipinski definition) is 4. The number of likely N-dealkylation sites (tertiary alicyclic amines) is 1. The van der Waals surface area contributed by atoms with Gasteiger partial charge in [-0.05, 0) is 61.4 Å². The minimum atomic E-state index is 0.250. The second-order valence-electron chi connectivity index (χ2n) is 8.39. The van der Waals surface area contributed by atoms with Gasteiger partial charge in [0.25, 0.3) is 0 Å². The minimum absolute atomic E-state index is 0.250. The molecule has 1 saturated heterocycles. The van der Waals surface area contributed by atoms with Gasteiger partial charge in [-0.2, -0.15) is 0 Å². The molecule has 2 unspecified atom stereocenters. The number of phenols is 1. The summed E-state index contributed by atoms with van der Waals surface area (Å²) in [5.74, 6) is 1.89. The Labute approximate surface area is 184 Å². The Morgan fingerprint density at radius 1 is 1.10 bits per heavy atom. The molecule has 6 nitrogen and oxygen atoms in total. The first-order valence-electron chi connectivity index (χ1n) is 11.1. The lowest BCUT2D eigenvalue weighted by Gasteiger charge is -2.32. The zero-order valence-electron chi connectivity index (χ0n) is 18.0. The Morgan fingerprint density at radius 2 is 1.74 bits per heavy atom. The molecular formula is C25H33N3O3. The van der Waals surface area contributed by atoms with Crippen LogP contribution in [0.3, 0.4) is 0 Å². The third kappa shape index (κ3) is 7.10. The van der Waals surface area contributed by atoms with Gasteiger partial charge in [-0.3, -0.25) is 9.59 Å². The standard InChI is InChI=1S/C24H30N2O2.CH3NO/c27-21-9-6-18(7-10-21)8-11-24(28)26-14-12-19(13-15-26)17-25-23-16-22(23)20-4-2-1-3-5-20;2-1-3/h1-7,9-10,19,22-23,25,27H,8,11-17H2;1H,(H2,2,3). The van der Waals surface area contributed by atoms with Crippen molar-refractivity contribution in [3.05, 3.63) is 65.7 Å². The molecule has 1 saturated carbocycles. The van der Waals surface area contributed by atoms with Crippen LogP contribution in [0, 0.1) is 5.92 Å². The van der Waals surface area contributed by atoms with Crippen molar-refractivity contribution in [2.45, 2.75) is 44.1 Å². The molecule has 6 heteroatoms. The molecule has 1 aliphatic carbocycles. The fourth-order valence-electron chi connectivity index (χ4n) is 4.27. The van der Waals surface area contributed by atoms with E-state index in [1.54, 1.807) is 12.1 Å². The summed E-state index contributed by atoms with van der Waals surface area (Å²) in [5.41, 5.74) is 6.72. The van der Waals surface area contributed by atoms with E-state index in [9.17, 15) is 9.90 Å². The molecule has 4 rings (SSSR count). The fraction of sp³-hybridized carbons (Fsp3) is 0.440. The maximum atomic E-state index is 12.5. The number of nitrogens with zero attached hydrogens (tertiary/aromatic N) is 1. The van der Waals surface area contributed by atoms with Gasteiger partial charge in [-0.1, -0.05) is 42.5 Å². The molecule has 2 aliphatic rings. The van der Waals surface area contributed by atoms with Crippen LogP contribution in [0.15, 0.2) is 54.6 Å². The Hall–Kier alpha value is -2.86. The van der Waals surface area contributed by atoms with E-state index < -0.39 is 0 Å². The van der Waals surface area contributed by atoms with Gasteiger partial charge in [0.2, 0.25) is 12.3 Å². The van der Waals surface area contributed by atoms with Gasteiger partial charge in [-0.15, -0.1) is 0 Å². The third-order valence-electron chi connectivity index (χ3n) is 6.22. The lowest BCUT2D eigenvalue weighted by Crippen LogP contribution is -2.41. The summed E-state index contributed by atoms with van der Waals surface area (Å²) in [6.45, 7) is 2.84. The van der Waals surface area contributed by atoms with Crippen LogP contribution in [0.1, 0.15) is 42.7 Å². The van der Waals surface area contributed by atoms with Crippen LogP contribution >= 0.6 is 0 Å². The van der Waals surface area contributed by atoms with Gasteiger partial charge in [-0.25, -0.2) is 0 Å². The highest BCUT2D eigenvalue weighted by Gasteiger charge is 2.38. The first-order valence-corrected chi connectivity index (χ1v) is 11.1. The van der Waals surface area contributed by atoms with E-state index in [2.05, 4.69) is 41.4 Å². The number of amides is 2. The summed E-state index contributed by atoms with van der Waals surface area (Å²) in [7, 11) is 0. The van der Waals surface area contributed by atoms with Crippen LogP contribution in [-0.4, -0.2) is 48.0 Å². The number of phenolic OH excluding ortho intramolecular Hbond substituents is 1. The summed E-state index contributed by atoms with van der Waals surface area (Å²) in [5, 5.41) is 13.1. The molecule has 31 heavy (non-hydrogen) atoms. The second kappa shape index (κ2) is 11.5. The number of nitrogens with two attached hydrogens (primary N) is 1. The maximum Gasteiger partial charge on any atom is 0.222 e. The Morgan fingerprint density at radius 3 is 2.39 bits per heavy atom. The molecule has 0 bridgehead atoms. The third-order valence-corrected chi connectivity index (χ3v) is 6.22. The van der Waals surface area contributed by atoms with Crippen molar-refractivity contribution < 1.29 is 14.7 Å². The molecule has 2 amide bonds. The fourth-order valence-corrected chi connectivity index (χ4v) is 4.27.